The first-order valence-corrected chi connectivity index (χ1v) is 7.46. The Kier molecular flexibility index (Phi) is 8.65. The minimum atomic E-state index is 0.774. The molecule has 0 saturated heterocycles. The largest absolute Gasteiger partial charge is 0.379 e. The van der Waals surface area contributed by atoms with Gasteiger partial charge in [0.1, 0.15) is 0 Å². The first kappa shape index (κ1) is 15.3. The summed E-state index contributed by atoms with van der Waals surface area (Å²) in [5.41, 5.74) is 0. The Labute approximate surface area is 112 Å². The third-order valence-electron chi connectivity index (χ3n) is 2.97. The Morgan fingerprint density at radius 2 is 2.06 bits per heavy atom. The van der Waals surface area contributed by atoms with Crippen LogP contribution in [0.15, 0.2) is 4.99 Å². The van der Waals surface area contributed by atoms with Crippen molar-refractivity contribution in [2.24, 2.45) is 10.9 Å². The summed E-state index contributed by atoms with van der Waals surface area (Å²) < 4.78 is 5.58. The van der Waals surface area contributed by atoms with Gasteiger partial charge in [-0.3, -0.25) is 4.99 Å². The molecule has 1 fully saturated rings. The van der Waals surface area contributed by atoms with Crippen molar-refractivity contribution in [1.82, 2.24) is 10.6 Å². The Hall–Kier alpha value is -0.770. The number of nitrogens with zero attached hydrogens (tertiary/aromatic N) is 1. The van der Waals surface area contributed by atoms with Crippen LogP contribution in [-0.2, 0) is 4.74 Å². The van der Waals surface area contributed by atoms with Gasteiger partial charge in [-0.1, -0.05) is 19.8 Å². The summed E-state index contributed by atoms with van der Waals surface area (Å²) in [5.74, 6) is 1.77. The van der Waals surface area contributed by atoms with Crippen LogP contribution in [0, 0.1) is 5.92 Å². The number of ether oxygens (including phenoxy) is 1. The van der Waals surface area contributed by atoms with Gasteiger partial charge >= 0.3 is 0 Å². The molecule has 2 N–H and O–H groups in total. The van der Waals surface area contributed by atoms with Crippen molar-refractivity contribution in [2.75, 3.05) is 32.8 Å². The van der Waals surface area contributed by atoms with Gasteiger partial charge in [-0.15, -0.1) is 0 Å². The van der Waals surface area contributed by atoms with Crippen LogP contribution in [0.5, 0.6) is 0 Å². The van der Waals surface area contributed by atoms with Gasteiger partial charge in [0.05, 0.1) is 6.61 Å². The maximum Gasteiger partial charge on any atom is 0.191 e. The Morgan fingerprint density at radius 1 is 1.22 bits per heavy atom. The normalized spacial score (nSPS) is 15.8. The highest BCUT2D eigenvalue weighted by atomic mass is 16.5. The molecule has 0 amide bonds. The lowest BCUT2D eigenvalue weighted by molar-refractivity contribution is 0.129. The standard InChI is InChI=1S/C14H29N3O/c1-3-5-6-9-16-14(15-4-2)17-10-11-18-12-13-7-8-13/h13H,3-12H2,1-2H3,(H2,15,16,17). The third-order valence-corrected chi connectivity index (χ3v) is 2.97. The molecular formula is C14H29N3O. The second kappa shape index (κ2) is 10.2. The van der Waals surface area contributed by atoms with Crippen LogP contribution in [0.1, 0.15) is 46.0 Å². The molecular weight excluding hydrogens is 226 g/mol. The number of unbranched alkanes of at least 4 members (excludes halogenated alkanes) is 2. The zero-order valence-corrected chi connectivity index (χ0v) is 12.0. The lowest BCUT2D eigenvalue weighted by atomic mass is 10.2. The van der Waals surface area contributed by atoms with E-state index in [4.69, 9.17) is 4.74 Å². The molecule has 0 spiro atoms. The molecule has 1 saturated carbocycles. The fourth-order valence-corrected chi connectivity index (χ4v) is 1.67. The van der Waals surface area contributed by atoms with Crippen molar-refractivity contribution in [2.45, 2.75) is 46.0 Å². The SMILES string of the molecule is CCCCCN=C(NCC)NCCOCC1CC1. The van der Waals surface area contributed by atoms with Crippen LogP contribution >= 0.6 is 0 Å². The fourth-order valence-electron chi connectivity index (χ4n) is 1.67. The summed E-state index contributed by atoms with van der Waals surface area (Å²) in [6.07, 6.45) is 6.39. The van der Waals surface area contributed by atoms with E-state index in [2.05, 4.69) is 29.5 Å². The van der Waals surface area contributed by atoms with Crippen molar-refractivity contribution in [3.8, 4) is 0 Å². The maximum atomic E-state index is 5.58. The minimum absolute atomic E-state index is 0.774. The van der Waals surface area contributed by atoms with E-state index in [1.54, 1.807) is 0 Å². The smallest absolute Gasteiger partial charge is 0.191 e. The summed E-state index contributed by atoms with van der Waals surface area (Å²) in [5, 5.41) is 6.56. The van der Waals surface area contributed by atoms with Crippen LogP contribution in [0.2, 0.25) is 0 Å². The fraction of sp³-hybridized carbons (Fsp3) is 0.929. The van der Waals surface area contributed by atoms with Gasteiger partial charge in [0.2, 0.25) is 0 Å². The zero-order valence-electron chi connectivity index (χ0n) is 12.0. The second-order valence-corrected chi connectivity index (χ2v) is 4.91. The van der Waals surface area contributed by atoms with E-state index >= 15 is 0 Å². The van der Waals surface area contributed by atoms with E-state index < -0.39 is 0 Å². The average Bonchev–Trinajstić information content (AvgIpc) is 3.18. The topological polar surface area (TPSA) is 45.7 Å². The summed E-state index contributed by atoms with van der Waals surface area (Å²) in [6, 6.07) is 0. The number of aliphatic imine (C=N–C) groups is 1. The van der Waals surface area contributed by atoms with Crippen LogP contribution in [0.3, 0.4) is 0 Å². The molecule has 0 aromatic rings. The monoisotopic (exact) mass is 255 g/mol. The molecule has 0 aromatic carbocycles. The second-order valence-electron chi connectivity index (χ2n) is 4.91. The molecule has 4 heteroatoms. The van der Waals surface area contributed by atoms with Crippen LogP contribution < -0.4 is 10.6 Å². The van der Waals surface area contributed by atoms with Crippen LogP contribution in [0.25, 0.3) is 0 Å². The molecule has 106 valence electrons. The van der Waals surface area contributed by atoms with Gasteiger partial charge in [0, 0.05) is 26.2 Å². The van der Waals surface area contributed by atoms with Gasteiger partial charge in [0.25, 0.3) is 0 Å². The van der Waals surface area contributed by atoms with Gasteiger partial charge in [-0.05, 0) is 32.1 Å². The number of rotatable bonds is 10. The first-order valence-electron chi connectivity index (χ1n) is 7.46. The van der Waals surface area contributed by atoms with Gasteiger partial charge in [0.15, 0.2) is 5.96 Å². The zero-order chi connectivity index (χ0) is 13.1. The molecule has 0 bridgehead atoms. The highest BCUT2D eigenvalue weighted by Crippen LogP contribution is 2.28. The Bertz CT molecular complexity index is 227. The lowest BCUT2D eigenvalue weighted by Gasteiger charge is -2.11. The van der Waals surface area contributed by atoms with Gasteiger partial charge in [-0.25, -0.2) is 0 Å². The number of hydrogen-bond acceptors (Lipinski definition) is 2. The molecule has 1 aliphatic carbocycles. The predicted octanol–water partition coefficient (Wildman–Crippen LogP) is 2.16. The molecule has 1 rings (SSSR count). The van der Waals surface area contributed by atoms with E-state index in [9.17, 15) is 0 Å². The van der Waals surface area contributed by atoms with Crippen LogP contribution in [0.4, 0.5) is 0 Å². The molecule has 18 heavy (non-hydrogen) atoms. The molecule has 0 aliphatic heterocycles. The van der Waals surface area contributed by atoms with E-state index in [0.29, 0.717) is 0 Å². The Morgan fingerprint density at radius 3 is 2.72 bits per heavy atom. The number of hydrogen-bond donors (Lipinski definition) is 2. The molecule has 4 nitrogen and oxygen atoms in total. The summed E-state index contributed by atoms with van der Waals surface area (Å²) in [7, 11) is 0. The summed E-state index contributed by atoms with van der Waals surface area (Å²) in [6.45, 7) is 8.67. The van der Waals surface area contributed by atoms with E-state index in [1.165, 1.54) is 32.1 Å². The Balaban J connectivity index is 2.02. The van der Waals surface area contributed by atoms with E-state index in [-0.39, 0.29) is 0 Å². The lowest BCUT2D eigenvalue weighted by Crippen LogP contribution is -2.39. The van der Waals surface area contributed by atoms with Crippen molar-refractivity contribution in [1.29, 1.82) is 0 Å². The van der Waals surface area contributed by atoms with Crippen molar-refractivity contribution in [3.63, 3.8) is 0 Å². The molecule has 0 heterocycles. The molecule has 0 aromatic heterocycles. The third kappa shape index (κ3) is 8.34. The number of guanidine groups is 1. The maximum absolute atomic E-state index is 5.58. The van der Waals surface area contributed by atoms with Crippen molar-refractivity contribution < 1.29 is 4.74 Å². The molecule has 0 radical (unpaired) electrons. The van der Waals surface area contributed by atoms with Crippen LogP contribution in [-0.4, -0.2) is 38.8 Å². The van der Waals surface area contributed by atoms with Gasteiger partial charge in [-0.2, -0.15) is 0 Å². The molecule has 1 aliphatic rings. The van der Waals surface area contributed by atoms with Gasteiger partial charge < -0.3 is 15.4 Å². The molecule has 0 atom stereocenters. The molecule has 0 unspecified atom stereocenters. The quantitative estimate of drug-likeness (QED) is 0.357. The highest BCUT2D eigenvalue weighted by molar-refractivity contribution is 5.79. The average molecular weight is 255 g/mol. The van der Waals surface area contributed by atoms with Crippen molar-refractivity contribution in [3.05, 3.63) is 0 Å². The number of nitrogens with one attached hydrogen (secondary N) is 2. The predicted molar refractivity (Wildman–Crippen MR) is 77.0 cm³/mol. The highest BCUT2D eigenvalue weighted by Gasteiger charge is 2.20. The first-order chi connectivity index (χ1) is 8.86. The van der Waals surface area contributed by atoms with Crippen molar-refractivity contribution >= 4 is 5.96 Å². The van der Waals surface area contributed by atoms with E-state index in [1.807, 2.05) is 0 Å². The van der Waals surface area contributed by atoms with E-state index in [0.717, 1.165) is 44.7 Å². The minimum Gasteiger partial charge on any atom is -0.379 e. The summed E-state index contributed by atoms with van der Waals surface area (Å²) >= 11 is 0. The summed E-state index contributed by atoms with van der Waals surface area (Å²) in [4.78, 5) is 4.53.